The van der Waals surface area contributed by atoms with Crippen LogP contribution in [0.2, 0.25) is 0 Å². The van der Waals surface area contributed by atoms with E-state index in [1.54, 1.807) is 0 Å². The number of anilines is 1. The summed E-state index contributed by atoms with van der Waals surface area (Å²) < 4.78 is 10.9. The van der Waals surface area contributed by atoms with E-state index >= 15 is 0 Å². The molecule has 1 aromatic carbocycles. The lowest BCUT2D eigenvalue weighted by molar-refractivity contribution is -0.0190. The van der Waals surface area contributed by atoms with E-state index in [9.17, 15) is 4.79 Å². The number of aromatic nitrogens is 1. The lowest BCUT2D eigenvalue weighted by atomic mass is 9.73. The number of carbonyl (C=O) groups is 1. The van der Waals surface area contributed by atoms with Gasteiger partial charge in [-0.25, -0.2) is 4.79 Å². The average Bonchev–Trinajstić information content (AvgIpc) is 3.10. The van der Waals surface area contributed by atoms with E-state index in [0.717, 1.165) is 44.5 Å². The molecule has 2 bridgehead atoms. The fourth-order valence-electron chi connectivity index (χ4n) is 3.59. The monoisotopic (exact) mass is 327 g/mol. The standard InChI is InChI=1S/C18H21N3O3/c22-17(23-12-18-6-9-21(10-7-18)11-8-18)20-16-15(24-13-19-16)14-4-2-1-3-5-14/h1-5,13H,6-12H2,(H,20,22). The summed E-state index contributed by atoms with van der Waals surface area (Å²) in [5, 5.41) is 2.71. The molecule has 0 atom stereocenters. The van der Waals surface area contributed by atoms with Gasteiger partial charge in [-0.1, -0.05) is 30.3 Å². The van der Waals surface area contributed by atoms with Gasteiger partial charge in [-0.3, -0.25) is 5.32 Å². The summed E-state index contributed by atoms with van der Waals surface area (Å²) in [6.07, 6.45) is 4.19. The summed E-state index contributed by atoms with van der Waals surface area (Å²) in [6.45, 7) is 3.83. The number of hydrogen-bond donors (Lipinski definition) is 1. The number of piperidine rings is 3. The van der Waals surface area contributed by atoms with Crippen molar-refractivity contribution in [3.8, 4) is 11.3 Å². The number of benzene rings is 1. The number of rotatable bonds is 4. The van der Waals surface area contributed by atoms with E-state index in [0.29, 0.717) is 18.2 Å². The second-order valence-corrected chi connectivity index (χ2v) is 6.69. The second kappa shape index (κ2) is 6.28. The Kier molecular flexibility index (Phi) is 3.98. The maximum Gasteiger partial charge on any atom is 0.412 e. The van der Waals surface area contributed by atoms with Crippen LogP contribution in [-0.2, 0) is 4.74 Å². The third-order valence-electron chi connectivity index (χ3n) is 5.21. The molecule has 3 aliphatic rings. The minimum atomic E-state index is -0.469. The number of carbonyl (C=O) groups excluding carboxylic acids is 1. The quantitative estimate of drug-likeness (QED) is 0.932. The van der Waals surface area contributed by atoms with E-state index in [1.165, 1.54) is 6.39 Å². The van der Waals surface area contributed by atoms with Gasteiger partial charge in [-0.05, 0) is 38.9 Å². The largest absolute Gasteiger partial charge is 0.449 e. The Morgan fingerprint density at radius 3 is 2.62 bits per heavy atom. The van der Waals surface area contributed by atoms with Crippen LogP contribution in [0.15, 0.2) is 41.1 Å². The van der Waals surface area contributed by atoms with Gasteiger partial charge in [0, 0.05) is 11.0 Å². The maximum absolute atomic E-state index is 12.2. The molecule has 6 heteroatoms. The maximum atomic E-state index is 12.2. The molecular weight excluding hydrogens is 306 g/mol. The molecule has 0 radical (unpaired) electrons. The topological polar surface area (TPSA) is 67.6 Å². The number of ether oxygens (including phenoxy) is 1. The zero-order valence-corrected chi connectivity index (χ0v) is 13.5. The van der Waals surface area contributed by atoms with E-state index in [2.05, 4.69) is 15.2 Å². The van der Waals surface area contributed by atoms with E-state index < -0.39 is 6.09 Å². The third-order valence-corrected chi connectivity index (χ3v) is 5.21. The van der Waals surface area contributed by atoms with Crippen molar-refractivity contribution in [3.63, 3.8) is 0 Å². The van der Waals surface area contributed by atoms with Gasteiger partial charge in [0.15, 0.2) is 18.0 Å². The Morgan fingerprint density at radius 1 is 1.21 bits per heavy atom. The molecule has 1 aromatic heterocycles. The highest BCUT2D eigenvalue weighted by Crippen LogP contribution is 2.40. The van der Waals surface area contributed by atoms with Crippen LogP contribution in [0, 0.1) is 5.41 Å². The van der Waals surface area contributed by atoms with Crippen LogP contribution in [0.25, 0.3) is 11.3 Å². The normalized spacial score (nSPS) is 25.4. The van der Waals surface area contributed by atoms with Crippen LogP contribution >= 0.6 is 0 Å². The van der Waals surface area contributed by atoms with Crippen molar-refractivity contribution >= 4 is 11.9 Å². The van der Waals surface area contributed by atoms with Crippen molar-refractivity contribution in [3.05, 3.63) is 36.7 Å². The highest BCUT2D eigenvalue weighted by atomic mass is 16.5. The van der Waals surface area contributed by atoms with Crippen LogP contribution in [-0.4, -0.2) is 42.2 Å². The minimum Gasteiger partial charge on any atom is -0.449 e. The number of hydrogen-bond acceptors (Lipinski definition) is 5. The first-order valence-corrected chi connectivity index (χ1v) is 8.39. The second-order valence-electron chi connectivity index (χ2n) is 6.69. The molecule has 6 nitrogen and oxygen atoms in total. The molecule has 1 N–H and O–H groups in total. The van der Waals surface area contributed by atoms with Crippen LogP contribution in [0.3, 0.4) is 0 Å². The Morgan fingerprint density at radius 2 is 1.92 bits per heavy atom. The van der Waals surface area contributed by atoms with E-state index in [1.807, 2.05) is 30.3 Å². The Hall–Kier alpha value is -2.34. The van der Waals surface area contributed by atoms with E-state index in [-0.39, 0.29) is 5.41 Å². The van der Waals surface area contributed by atoms with Crippen LogP contribution in [0.4, 0.5) is 10.6 Å². The first-order valence-electron chi connectivity index (χ1n) is 8.39. The van der Waals surface area contributed by atoms with Crippen molar-refractivity contribution in [2.75, 3.05) is 31.6 Å². The number of oxazole rings is 1. The van der Waals surface area contributed by atoms with Gasteiger partial charge >= 0.3 is 6.09 Å². The molecular formula is C18H21N3O3. The first kappa shape index (κ1) is 15.2. The molecule has 3 fully saturated rings. The van der Waals surface area contributed by atoms with Gasteiger partial charge < -0.3 is 14.1 Å². The molecule has 0 aliphatic carbocycles. The fourth-order valence-corrected chi connectivity index (χ4v) is 3.59. The highest BCUT2D eigenvalue weighted by molar-refractivity contribution is 5.87. The number of nitrogens with zero attached hydrogens (tertiary/aromatic N) is 2. The van der Waals surface area contributed by atoms with Gasteiger partial charge in [-0.15, -0.1) is 0 Å². The van der Waals surface area contributed by atoms with Crippen molar-refractivity contribution in [1.82, 2.24) is 9.88 Å². The molecule has 3 aliphatic heterocycles. The predicted molar refractivity (Wildman–Crippen MR) is 89.6 cm³/mol. The molecule has 24 heavy (non-hydrogen) atoms. The summed E-state index contributed by atoms with van der Waals surface area (Å²) in [6, 6.07) is 9.57. The van der Waals surface area contributed by atoms with Crippen molar-refractivity contribution < 1.29 is 13.9 Å². The third kappa shape index (κ3) is 3.01. The average molecular weight is 327 g/mol. The number of nitrogens with one attached hydrogen (secondary N) is 1. The molecule has 4 heterocycles. The van der Waals surface area contributed by atoms with Crippen molar-refractivity contribution in [2.45, 2.75) is 19.3 Å². The van der Waals surface area contributed by atoms with Crippen LogP contribution in [0.1, 0.15) is 19.3 Å². The molecule has 5 rings (SSSR count). The zero-order valence-electron chi connectivity index (χ0n) is 13.5. The molecule has 126 valence electrons. The van der Waals surface area contributed by atoms with Crippen molar-refractivity contribution in [1.29, 1.82) is 0 Å². The molecule has 1 amide bonds. The lowest BCUT2D eigenvalue weighted by Gasteiger charge is -2.47. The Bertz CT molecular complexity index is 692. The van der Waals surface area contributed by atoms with Gasteiger partial charge in [0.2, 0.25) is 0 Å². The first-order chi connectivity index (χ1) is 11.7. The van der Waals surface area contributed by atoms with Crippen LogP contribution in [0.5, 0.6) is 0 Å². The molecule has 0 spiro atoms. The van der Waals surface area contributed by atoms with Gasteiger partial charge in [0.05, 0.1) is 6.61 Å². The van der Waals surface area contributed by atoms with Gasteiger partial charge in [-0.2, -0.15) is 4.98 Å². The molecule has 0 unspecified atom stereocenters. The fraction of sp³-hybridized carbons (Fsp3) is 0.444. The summed E-state index contributed by atoms with van der Waals surface area (Å²) in [5.41, 5.74) is 1.03. The predicted octanol–water partition coefficient (Wildman–Crippen LogP) is 3.38. The van der Waals surface area contributed by atoms with Gasteiger partial charge in [0.1, 0.15) is 0 Å². The van der Waals surface area contributed by atoms with Crippen molar-refractivity contribution in [2.24, 2.45) is 5.41 Å². The molecule has 3 saturated heterocycles. The summed E-state index contributed by atoms with van der Waals surface area (Å²) in [5.74, 6) is 0.929. The van der Waals surface area contributed by atoms with Gasteiger partial charge in [0.25, 0.3) is 0 Å². The molecule has 2 aromatic rings. The highest BCUT2D eigenvalue weighted by Gasteiger charge is 2.40. The summed E-state index contributed by atoms with van der Waals surface area (Å²) >= 11 is 0. The smallest absolute Gasteiger partial charge is 0.412 e. The summed E-state index contributed by atoms with van der Waals surface area (Å²) in [7, 11) is 0. The lowest BCUT2D eigenvalue weighted by Crippen LogP contribution is -2.50. The number of fused-ring (bicyclic) bond motifs is 3. The van der Waals surface area contributed by atoms with Crippen LogP contribution < -0.4 is 5.32 Å². The Balaban J connectivity index is 1.38. The minimum absolute atomic E-state index is 0.165. The SMILES string of the molecule is O=C(Nc1ncoc1-c1ccccc1)OCC12CCN(CC1)CC2. The Labute approximate surface area is 140 Å². The number of amides is 1. The zero-order chi connectivity index (χ0) is 16.4. The molecule has 0 saturated carbocycles. The van der Waals surface area contributed by atoms with E-state index in [4.69, 9.17) is 9.15 Å². The summed E-state index contributed by atoms with van der Waals surface area (Å²) in [4.78, 5) is 18.7.